The van der Waals surface area contributed by atoms with Crippen molar-refractivity contribution in [1.82, 2.24) is 0 Å². The van der Waals surface area contributed by atoms with Crippen molar-refractivity contribution < 1.29 is 19.4 Å². The van der Waals surface area contributed by atoms with Crippen LogP contribution in [0.5, 0.6) is 11.5 Å². The van der Waals surface area contributed by atoms with Gasteiger partial charge in [0.2, 0.25) is 0 Å². The zero-order chi connectivity index (χ0) is 15.2. The van der Waals surface area contributed by atoms with E-state index in [1.54, 1.807) is 31.4 Å². The molecule has 0 amide bonds. The summed E-state index contributed by atoms with van der Waals surface area (Å²) in [5.41, 5.74) is 2.07. The minimum Gasteiger partial charge on any atom is -0.497 e. The summed E-state index contributed by atoms with van der Waals surface area (Å²) >= 11 is 0. The molecule has 0 heterocycles. The third-order valence-corrected chi connectivity index (χ3v) is 3.14. The van der Waals surface area contributed by atoms with Crippen molar-refractivity contribution >= 4 is 5.97 Å². The van der Waals surface area contributed by atoms with E-state index in [2.05, 4.69) is 0 Å². The predicted octanol–water partition coefficient (Wildman–Crippen LogP) is 3.08. The summed E-state index contributed by atoms with van der Waals surface area (Å²) in [5, 5.41) is 9.32. The Morgan fingerprint density at radius 2 is 1.81 bits per heavy atom. The molecule has 21 heavy (non-hydrogen) atoms. The molecule has 4 heteroatoms. The Balaban J connectivity index is 2.11. The fourth-order valence-corrected chi connectivity index (χ4v) is 1.96. The van der Waals surface area contributed by atoms with E-state index in [0.717, 1.165) is 11.1 Å². The van der Waals surface area contributed by atoms with Gasteiger partial charge in [0.25, 0.3) is 0 Å². The van der Waals surface area contributed by atoms with E-state index in [4.69, 9.17) is 9.47 Å². The molecule has 0 bridgehead atoms. The van der Waals surface area contributed by atoms with Gasteiger partial charge in [-0.15, -0.1) is 0 Å². The minimum atomic E-state index is -0.988. The van der Waals surface area contributed by atoms with Gasteiger partial charge in [-0.1, -0.05) is 35.9 Å². The van der Waals surface area contributed by atoms with Gasteiger partial charge in [0.15, 0.2) is 6.10 Å². The van der Waals surface area contributed by atoms with Gasteiger partial charge in [-0.05, 0) is 24.6 Å². The molecule has 0 aromatic heterocycles. The number of carbonyl (C=O) groups is 1. The van der Waals surface area contributed by atoms with Crippen LogP contribution in [0.2, 0.25) is 0 Å². The van der Waals surface area contributed by atoms with E-state index in [0.29, 0.717) is 17.9 Å². The summed E-state index contributed by atoms with van der Waals surface area (Å²) in [5.74, 6) is 0.124. The van der Waals surface area contributed by atoms with Crippen LogP contribution in [-0.4, -0.2) is 24.3 Å². The van der Waals surface area contributed by atoms with E-state index in [1.807, 2.05) is 31.2 Å². The molecule has 0 radical (unpaired) electrons. The van der Waals surface area contributed by atoms with Gasteiger partial charge in [0.1, 0.15) is 11.5 Å². The molecule has 2 rings (SSSR count). The number of ether oxygens (including phenoxy) is 2. The first kappa shape index (κ1) is 14.9. The molecule has 0 aliphatic carbocycles. The van der Waals surface area contributed by atoms with Crippen molar-refractivity contribution in [2.45, 2.75) is 19.4 Å². The average Bonchev–Trinajstić information content (AvgIpc) is 2.49. The second-order valence-corrected chi connectivity index (χ2v) is 4.81. The van der Waals surface area contributed by atoms with E-state index in [9.17, 15) is 9.90 Å². The first-order valence-electron chi connectivity index (χ1n) is 6.67. The van der Waals surface area contributed by atoms with Gasteiger partial charge in [-0.2, -0.15) is 0 Å². The quantitative estimate of drug-likeness (QED) is 0.886. The molecule has 1 atom stereocenters. The van der Waals surface area contributed by atoms with Crippen molar-refractivity contribution in [3.8, 4) is 11.5 Å². The van der Waals surface area contributed by atoms with Gasteiger partial charge in [-0.25, -0.2) is 4.79 Å². The molecule has 0 aliphatic rings. The van der Waals surface area contributed by atoms with Crippen molar-refractivity contribution in [1.29, 1.82) is 0 Å². The molecule has 0 fully saturated rings. The molecular formula is C17H18O4. The number of aryl methyl sites for hydroxylation is 1. The number of hydrogen-bond donors (Lipinski definition) is 1. The van der Waals surface area contributed by atoms with Crippen LogP contribution < -0.4 is 9.47 Å². The van der Waals surface area contributed by atoms with Crippen LogP contribution in [0.1, 0.15) is 11.1 Å². The monoisotopic (exact) mass is 286 g/mol. The number of carboxylic acid groups (broad SMARTS) is 1. The Bertz CT molecular complexity index is 604. The lowest BCUT2D eigenvalue weighted by Crippen LogP contribution is -2.29. The van der Waals surface area contributed by atoms with Crippen LogP contribution >= 0.6 is 0 Å². The van der Waals surface area contributed by atoms with Gasteiger partial charge in [0, 0.05) is 12.5 Å². The Hall–Kier alpha value is -2.49. The van der Waals surface area contributed by atoms with Crippen LogP contribution in [0.15, 0.2) is 48.5 Å². The lowest BCUT2D eigenvalue weighted by atomic mass is 10.1. The molecule has 1 N–H and O–H groups in total. The molecule has 110 valence electrons. The maximum Gasteiger partial charge on any atom is 0.345 e. The first-order chi connectivity index (χ1) is 10.1. The fraction of sp³-hybridized carbons (Fsp3) is 0.235. The lowest BCUT2D eigenvalue weighted by Gasteiger charge is -2.16. The van der Waals surface area contributed by atoms with E-state index >= 15 is 0 Å². The zero-order valence-electron chi connectivity index (χ0n) is 12.1. The number of aliphatic carboxylic acids is 1. The van der Waals surface area contributed by atoms with E-state index in [1.165, 1.54) is 0 Å². The first-order valence-corrected chi connectivity index (χ1v) is 6.67. The highest BCUT2D eigenvalue weighted by atomic mass is 16.5. The highest BCUT2D eigenvalue weighted by Gasteiger charge is 2.20. The average molecular weight is 286 g/mol. The summed E-state index contributed by atoms with van der Waals surface area (Å²) in [6.07, 6.45) is -0.618. The number of benzene rings is 2. The third kappa shape index (κ3) is 4.24. The molecule has 2 aromatic carbocycles. The van der Waals surface area contributed by atoms with Gasteiger partial charge >= 0.3 is 5.97 Å². The maximum absolute atomic E-state index is 11.4. The normalized spacial score (nSPS) is 11.7. The molecular weight excluding hydrogens is 268 g/mol. The highest BCUT2D eigenvalue weighted by Crippen LogP contribution is 2.21. The Labute approximate surface area is 123 Å². The maximum atomic E-state index is 11.4. The zero-order valence-corrected chi connectivity index (χ0v) is 12.1. The van der Waals surface area contributed by atoms with Crippen molar-refractivity contribution in [2.75, 3.05) is 7.11 Å². The number of methoxy groups -OCH3 is 1. The van der Waals surface area contributed by atoms with Crippen molar-refractivity contribution in [2.24, 2.45) is 0 Å². The van der Waals surface area contributed by atoms with Crippen molar-refractivity contribution in [3.05, 3.63) is 59.7 Å². The van der Waals surface area contributed by atoms with Crippen LogP contribution in [0.4, 0.5) is 0 Å². The molecule has 2 aromatic rings. The van der Waals surface area contributed by atoms with Crippen LogP contribution in [-0.2, 0) is 11.2 Å². The molecule has 4 nitrogen and oxygen atoms in total. The summed E-state index contributed by atoms with van der Waals surface area (Å²) in [6, 6.07) is 14.7. The summed E-state index contributed by atoms with van der Waals surface area (Å²) in [7, 11) is 1.56. The van der Waals surface area contributed by atoms with E-state index in [-0.39, 0.29) is 0 Å². The molecule has 0 aliphatic heterocycles. The van der Waals surface area contributed by atoms with Gasteiger partial charge in [0.05, 0.1) is 7.11 Å². The summed E-state index contributed by atoms with van der Waals surface area (Å²) in [6.45, 7) is 1.99. The minimum absolute atomic E-state index is 0.312. The highest BCUT2D eigenvalue weighted by molar-refractivity contribution is 5.73. The third-order valence-electron chi connectivity index (χ3n) is 3.14. The smallest absolute Gasteiger partial charge is 0.345 e. The van der Waals surface area contributed by atoms with E-state index < -0.39 is 12.1 Å². The Morgan fingerprint density at radius 1 is 1.14 bits per heavy atom. The molecule has 0 saturated heterocycles. The number of rotatable bonds is 6. The second-order valence-electron chi connectivity index (χ2n) is 4.81. The molecule has 0 saturated carbocycles. The largest absolute Gasteiger partial charge is 0.497 e. The SMILES string of the molecule is COc1cccc(OC(Cc2ccc(C)cc2)C(=O)O)c1. The van der Waals surface area contributed by atoms with Crippen molar-refractivity contribution in [3.63, 3.8) is 0 Å². The number of hydrogen-bond acceptors (Lipinski definition) is 3. The van der Waals surface area contributed by atoms with Gasteiger partial charge in [-0.3, -0.25) is 0 Å². The summed E-state index contributed by atoms with van der Waals surface area (Å²) < 4.78 is 10.7. The van der Waals surface area contributed by atoms with Crippen LogP contribution in [0, 0.1) is 6.92 Å². The summed E-state index contributed by atoms with van der Waals surface area (Å²) in [4.78, 5) is 11.4. The second kappa shape index (κ2) is 6.79. The molecule has 1 unspecified atom stereocenters. The fourth-order valence-electron chi connectivity index (χ4n) is 1.96. The molecule has 0 spiro atoms. The topological polar surface area (TPSA) is 55.8 Å². The lowest BCUT2D eigenvalue weighted by molar-refractivity contribution is -0.145. The standard InChI is InChI=1S/C17H18O4/c1-12-6-8-13(9-7-12)10-16(17(18)19)21-15-5-3-4-14(11-15)20-2/h3-9,11,16H,10H2,1-2H3,(H,18,19). The predicted molar refractivity (Wildman–Crippen MR) is 79.9 cm³/mol. The number of carboxylic acids is 1. The van der Waals surface area contributed by atoms with Gasteiger partial charge < -0.3 is 14.6 Å². The Morgan fingerprint density at radius 3 is 2.43 bits per heavy atom. The van der Waals surface area contributed by atoms with Crippen LogP contribution in [0.25, 0.3) is 0 Å². The van der Waals surface area contributed by atoms with Crippen LogP contribution in [0.3, 0.4) is 0 Å². The Kier molecular flexibility index (Phi) is 4.82.